The van der Waals surface area contributed by atoms with Crippen molar-refractivity contribution in [3.8, 4) is 0 Å². The molecule has 1 saturated heterocycles. The first-order chi connectivity index (χ1) is 12.6. The van der Waals surface area contributed by atoms with E-state index in [0.29, 0.717) is 31.4 Å². The molecule has 2 N–H and O–H groups in total. The molecule has 6 heteroatoms. The number of hydrogen-bond acceptors (Lipinski definition) is 5. The number of nitrogens with zero attached hydrogens (tertiary/aromatic N) is 1. The molecule has 0 radical (unpaired) electrons. The van der Waals surface area contributed by atoms with Gasteiger partial charge in [0.1, 0.15) is 5.82 Å². The van der Waals surface area contributed by atoms with Crippen molar-refractivity contribution in [1.29, 1.82) is 0 Å². The van der Waals surface area contributed by atoms with E-state index in [4.69, 9.17) is 9.47 Å². The molecule has 2 fully saturated rings. The lowest BCUT2D eigenvalue weighted by Gasteiger charge is -2.34. The number of amides is 1. The van der Waals surface area contributed by atoms with E-state index in [0.717, 1.165) is 31.5 Å². The minimum atomic E-state index is -0.117. The highest BCUT2D eigenvalue weighted by Gasteiger charge is 2.37. The van der Waals surface area contributed by atoms with Gasteiger partial charge in [0, 0.05) is 24.2 Å². The summed E-state index contributed by atoms with van der Waals surface area (Å²) in [7, 11) is 0. The van der Waals surface area contributed by atoms with Crippen LogP contribution in [0.15, 0.2) is 18.3 Å². The van der Waals surface area contributed by atoms with E-state index in [9.17, 15) is 4.79 Å². The number of rotatable bonds is 10. The van der Waals surface area contributed by atoms with E-state index in [1.807, 2.05) is 12.1 Å². The van der Waals surface area contributed by atoms with E-state index in [1.165, 1.54) is 12.8 Å². The van der Waals surface area contributed by atoms with Gasteiger partial charge >= 0.3 is 0 Å². The van der Waals surface area contributed by atoms with Crippen LogP contribution in [0.1, 0.15) is 62.7 Å². The zero-order valence-corrected chi connectivity index (χ0v) is 15.9. The maximum Gasteiger partial charge on any atom is 0.252 e. The van der Waals surface area contributed by atoms with Crippen LogP contribution < -0.4 is 10.6 Å². The maximum absolute atomic E-state index is 12.3. The van der Waals surface area contributed by atoms with Crippen molar-refractivity contribution >= 4 is 11.7 Å². The van der Waals surface area contributed by atoms with Gasteiger partial charge < -0.3 is 20.1 Å². The minimum Gasteiger partial charge on any atom is -0.367 e. The van der Waals surface area contributed by atoms with Crippen molar-refractivity contribution in [2.75, 3.05) is 25.1 Å². The molecule has 26 heavy (non-hydrogen) atoms. The lowest BCUT2D eigenvalue weighted by molar-refractivity contribution is -0.133. The van der Waals surface area contributed by atoms with Crippen LogP contribution in [-0.2, 0) is 9.47 Å². The molecule has 6 nitrogen and oxygen atoms in total. The fraction of sp³-hybridized carbons (Fsp3) is 0.700. The molecule has 3 rings (SSSR count). The first kappa shape index (κ1) is 19.1. The Bertz CT molecular complexity index is 582. The van der Waals surface area contributed by atoms with Crippen LogP contribution in [-0.4, -0.2) is 43.0 Å². The molecule has 1 aliphatic carbocycles. The quantitative estimate of drug-likeness (QED) is 0.625. The molecule has 0 spiro atoms. The normalized spacial score (nSPS) is 19.9. The van der Waals surface area contributed by atoms with Crippen molar-refractivity contribution in [2.45, 2.75) is 64.7 Å². The smallest absolute Gasteiger partial charge is 0.252 e. The van der Waals surface area contributed by atoms with Gasteiger partial charge in [0.2, 0.25) is 0 Å². The molecule has 0 aromatic carbocycles. The summed E-state index contributed by atoms with van der Waals surface area (Å²) in [6, 6.07) is 4.27. The Hall–Kier alpha value is -1.66. The number of carbonyl (C=O) groups is 1. The molecule has 1 aromatic heterocycles. The van der Waals surface area contributed by atoms with Gasteiger partial charge in [-0.2, -0.15) is 0 Å². The summed E-state index contributed by atoms with van der Waals surface area (Å²) in [6.07, 6.45) is 7.96. The Morgan fingerprint density at radius 2 is 2.04 bits per heavy atom. The zero-order chi connectivity index (χ0) is 18.4. The molecule has 2 heterocycles. The lowest BCUT2D eigenvalue weighted by atomic mass is 9.80. The average Bonchev–Trinajstić information content (AvgIpc) is 3.27. The van der Waals surface area contributed by atoms with Gasteiger partial charge in [0.05, 0.1) is 18.8 Å². The second-order valence-corrected chi connectivity index (χ2v) is 7.69. The molecule has 1 aliphatic heterocycles. The molecule has 2 aliphatic rings. The van der Waals surface area contributed by atoms with Gasteiger partial charge in [-0.25, -0.2) is 4.98 Å². The lowest BCUT2D eigenvalue weighted by Crippen LogP contribution is -2.34. The second-order valence-electron chi connectivity index (χ2n) is 7.69. The van der Waals surface area contributed by atoms with Gasteiger partial charge in [0.15, 0.2) is 6.29 Å². The molecule has 1 saturated carbocycles. The number of hydrogen-bond donors (Lipinski definition) is 2. The van der Waals surface area contributed by atoms with Crippen LogP contribution in [0, 0.1) is 5.41 Å². The van der Waals surface area contributed by atoms with Crippen molar-refractivity contribution < 1.29 is 14.3 Å². The summed E-state index contributed by atoms with van der Waals surface area (Å²) in [5.74, 6) is 0.775. The summed E-state index contributed by atoms with van der Waals surface area (Å²) >= 11 is 0. The number of anilines is 1. The third-order valence-corrected chi connectivity index (χ3v) is 5.18. The van der Waals surface area contributed by atoms with E-state index >= 15 is 0 Å². The molecule has 1 aromatic rings. The van der Waals surface area contributed by atoms with E-state index in [-0.39, 0.29) is 17.6 Å². The SMILES string of the molecule is CCC[C@](C)(CCCNC(=O)c1ccc(NC2CC2)nc1)C1OCCO1. The van der Waals surface area contributed by atoms with Gasteiger partial charge in [0.25, 0.3) is 5.91 Å². The first-order valence-electron chi connectivity index (χ1n) is 9.85. The topological polar surface area (TPSA) is 72.5 Å². The first-order valence-corrected chi connectivity index (χ1v) is 9.85. The van der Waals surface area contributed by atoms with Crippen molar-refractivity contribution in [2.24, 2.45) is 5.41 Å². The fourth-order valence-corrected chi connectivity index (χ4v) is 3.54. The molecular weight excluding hydrogens is 330 g/mol. The van der Waals surface area contributed by atoms with Crippen molar-refractivity contribution in [3.05, 3.63) is 23.9 Å². The summed E-state index contributed by atoms with van der Waals surface area (Å²) in [6.45, 7) is 6.42. The summed E-state index contributed by atoms with van der Waals surface area (Å²) in [5.41, 5.74) is 0.610. The van der Waals surface area contributed by atoms with Gasteiger partial charge in [-0.1, -0.05) is 20.3 Å². The van der Waals surface area contributed by atoms with Crippen LogP contribution in [0.4, 0.5) is 5.82 Å². The highest BCUT2D eigenvalue weighted by atomic mass is 16.7. The van der Waals surface area contributed by atoms with Gasteiger partial charge in [-0.05, 0) is 44.2 Å². The average molecular weight is 361 g/mol. The van der Waals surface area contributed by atoms with Crippen LogP contribution in [0.5, 0.6) is 0 Å². The summed E-state index contributed by atoms with van der Waals surface area (Å²) in [4.78, 5) is 16.6. The Morgan fingerprint density at radius 1 is 1.27 bits per heavy atom. The van der Waals surface area contributed by atoms with E-state index in [2.05, 4.69) is 29.5 Å². The minimum absolute atomic E-state index is 0.00760. The second kappa shape index (κ2) is 8.82. The number of nitrogens with one attached hydrogen (secondary N) is 2. The number of carbonyl (C=O) groups excluding carboxylic acids is 1. The Balaban J connectivity index is 1.42. The zero-order valence-electron chi connectivity index (χ0n) is 15.9. The number of aromatic nitrogens is 1. The Kier molecular flexibility index (Phi) is 6.48. The van der Waals surface area contributed by atoms with Gasteiger partial charge in [-0.15, -0.1) is 0 Å². The standard InChI is InChI=1S/C20H31N3O3/c1-3-9-20(2,19-25-12-13-26-19)10-4-11-21-18(24)15-5-8-17(22-14-15)23-16-6-7-16/h5,8,14,16,19H,3-4,6-7,9-13H2,1-2H3,(H,21,24)(H,22,23)/t20-/m1/s1. The molecule has 0 unspecified atom stereocenters. The highest BCUT2D eigenvalue weighted by molar-refractivity contribution is 5.94. The fourth-order valence-electron chi connectivity index (χ4n) is 3.54. The highest BCUT2D eigenvalue weighted by Crippen LogP contribution is 2.37. The largest absolute Gasteiger partial charge is 0.367 e. The number of ether oxygens (including phenoxy) is 2. The third kappa shape index (κ3) is 5.17. The molecule has 144 valence electrons. The van der Waals surface area contributed by atoms with Crippen LogP contribution in [0.3, 0.4) is 0 Å². The maximum atomic E-state index is 12.3. The van der Waals surface area contributed by atoms with Crippen LogP contribution >= 0.6 is 0 Å². The molecular formula is C20H31N3O3. The monoisotopic (exact) mass is 361 g/mol. The van der Waals surface area contributed by atoms with Gasteiger partial charge in [-0.3, -0.25) is 4.79 Å². The predicted octanol–water partition coefficient (Wildman–Crippen LogP) is 3.35. The van der Waals surface area contributed by atoms with Crippen molar-refractivity contribution in [3.63, 3.8) is 0 Å². The molecule has 0 bridgehead atoms. The molecule has 1 atom stereocenters. The summed E-state index contributed by atoms with van der Waals surface area (Å²) < 4.78 is 11.5. The Labute approximate surface area is 156 Å². The predicted molar refractivity (Wildman–Crippen MR) is 101 cm³/mol. The third-order valence-electron chi connectivity index (χ3n) is 5.18. The van der Waals surface area contributed by atoms with Crippen molar-refractivity contribution in [1.82, 2.24) is 10.3 Å². The van der Waals surface area contributed by atoms with E-state index in [1.54, 1.807) is 6.20 Å². The molecule has 1 amide bonds. The number of pyridine rings is 1. The summed E-state index contributed by atoms with van der Waals surface area (Å²) in [5, 5.41) is 6.32. The Morgan fingerprint density at radius 3 is 2.65 bits per heavy atom. The van der Waals surface area contributed by atoms with Crippen LogP contribution in [0.25, 0.3) is 0 Å². The van der Waals surface area contributed by atoms with E-state index < -0.39 is 0 Å². The van der Waals surface area contributed by atoms with Crippen LogP contribution in [0.2, 0.25) is 0 Å².